The average molecular weight is 733 g/mol. The molecule has 0 radical (unpaired) electrons. The van der Waals surface area contributed by atoms with Crippen LogP contribution >= 0.6 is 0 Å². The quantitative estimate of drug-likeness (QED) is 0.185. The van der Waals surface area contributed by atoms with Crippen molar-refractivity contribution in [3.05, 3.63) is 140 Å². The van der Waals surface area contributed by atoms with Crippen molar-refractivity contribution in [1.29, 1.82) is 0 Å². The summed E-state index contributed by atoms with van der Waals surface area (Å²) in [6, 6.07) is 25.2. The maximum atomic E-state index is 12.8. The first-order valence-corrected chi connectivity index (χ1v) is 19.9. The Morgan fingerprint density at radius 1 is 0.315 bits per heavy atom. The van der Waals surface area contributed by atoms with Crippen LogP contribution in [0.4, 0.5) is 0 Å². The zero-order valence-corrected chi connectivity index (χ0v) is 37.0. The lowest BCUT2D eigenvalue weighted by Gasteiger charge is -2.31. The molecule has 0 amide bonds. The Kier molecular flexibility index (Phi) is 11.8. The van der Waals surface area contributed by atoms with Gasteiger partial charge in [-0.05, 0) is 99.3 Å². The zero-order valence-electron chi connectivity index (χ0n) is 37.0. The molecule has 0 bridgehead atoms. The fraction of sp³-hybridized carbons (Fsp3) is 0.529. The standard InChI is InChI=1S/C51H72O3/c1-46(2,3)34-22-31(23-35(28-34)47(4,5)6)43(52)40-20-19-21-41(44(53)32-24-36(48(7,8)9)29-37(25-32)49(10,11)12)42(40)45(54)33-26-38(50(13,14)15)30-39(27-33)51(16,17)18/h19-30,43-45,52-54H,1-18H3. The number of hydrogen-bond acceptors (Lipinski definition) is 3. The normalized spacial score (nSPS) is 15.3. The number of aliphatic hydroxyl groups is 3. The lowest BCUT2D eigenvalue weighted by Crippen LogP contribution is -2.21. The van der Waals surface area contributed by atoms with Gasteiger partial charge in [0.2, 0.25) is 0 Å². The monoisotopic (exact) mass is 733 g/mol. The van der Waals surface area contributed by atoms with E-state index in [0.29, 0.717) is 16.7 Å². The van der Waals surface area contributed by atoms with E-state index >= 15 is 0 Å². The minimum atomic E-state index is -1.12. The Morgan fingerprint density at radius 3 is 0.722 bits per heavy atom. The van der Waals surface area contributed by atoms with Gasteiger partial charge in [-0.3, -0.25) is 0 Å². The molecule has 4 rings (SSSR count). The summed E-state index contributed by atoms with van der Waals surface area (Å²) in [4.78, 5) is 0. The summed E-state index contributed by atoms with van der Waals surface area (Å²) < 4.78 is 0. The van der Waals surface area contributed by atoms with Crippen LogP contribution in [-0.2, 0) is 32.5 Å². The molecule has 3 nitrogen and oxygen atoms in total. The van der Waals surface area contributed by atoms with E-state index in [1.807, 2.05) is 18.2 Å². The predicted molar refractivity (Wildman–Crippen MR) is 230 cm³/mol. The molecule has 0 aliphatic heterocycles. The van der Waals surface area contributed by atoms with E-state index in [2.05, 4.69) is 179 Å². The van der Waals surface area contributed by atoms with Gasteiger partial charge < -0.3 is 15.3 Å². The molecule has 3 heteroatoms. The van der Waals surface area contributed by atoms with Crippen LogP contribution in [0.5, 0.6) is 0 Å². The molecular formula is C51H72O3. The summed E-state index contributed by atoms with van der Waals surface area (Å²) in [5, 5.41) is 38.0. The second-order valence-corrected chi connectivity index (χ2v) is 22.1. The van der Waals surface area contributed by atoms with E-state index in [9.17, 15) is 15.3 Å². The van der Waals surface area contributed by atoms with Gasteiger partial charge in [0.25, 0.3) is 0 Å². The average Bonchev–Trinajstić information content (AvgIpc) is 3.03. The third-order valence-corrected chi connectivity index (χ3v) is 11.0. The van der Waals surface area contributed by atoms with Crippen molar-refractivity contribution in [3.63, 3.8) is 0 Å². The van der Waals surface area contributed by atoms with Crippen LogP contribution in [0.1, 0.15) is 210 Å². The second kappa shape index (κ2) is 14.7. The largest absolute Gasteiger partial charge is 0.384 e. The summed E-state index contributed by atoms with van der Waals surface area (Å²) in [7, 11) is 0. The molecule has 4 aromatic rings. The van der Waals surface area contributed by atoms with Gasteiger partial charge in [-0.1, -0.05) is 197 Å². The lowest BCUT2D eigenvalue weighted by molar-refractivity contribution is 0.183. The van der Waals surface area contributed by atoms with Crippen molar-refractivity contribution in [3.8, 4) is 0 Å². The van der Waals surface area contributed by atoms with Crippen molar-refractivity contribution in [2.45, 2.75) is 175 Å². The van der Waals surface area contributed by atoms with Crippen LogP contribution in [0, 0.1) is 0 Å². The van der Waals surface area contributed by atoms with E-state index in [0.717, 1.165) is 50.1 Å². The maximum absolute atomic E-state index is 12.8. The first-order chi connectivity index (χ1) is 24.3. The highest BCUT2D eigenvalue weighted by Gasteiger charge is 2.32. The van der Waals surface area contributed by atoms with Gasteiger partial charge in [-0.2, -0.15) is 0 Å². The van der Waals surface area contributed by atoms with Gasteiger partial charge in [0.1, 0.15) is 18.3 Å². The van der Waals surface area contributed by atoms with Crippen molar-refractivity contribution >= 4 is 0 Å². The SMILES string of the molecule is CC(C)(C)c1cc(C(O)c2cccc(C(O)c3cc(C(C)(C)C)cc(C(C)(C)C)c3)c2C(O)c2cc(C(C)(C)C)cc(C(C)(C)C)c2)cc(C(C)(C)C)c1. The van der Waals surface area contributed by atoms with E-state index in [-0.39, 0.29) is 32.5 Å². The van der Waals surface area contributed by atoms with Crippen LogP contribution in [-0.4, -0.2) is 15.3 Å². The van der Waals surface area contributed by atoms with Crippen molar-refractivity contribution < 1.29 is 15.3 Å². The molecule has 294 valence electrons. The highest BCUT2D eigenvalue weighted by Crippen LogP contribution is 2.43. The summed E-state index contributed by atoms with van der Waals surface area (Å²) >= 11 is 0. The number of aliphatic hydroxyl groups excluding tert-OH is 3. The second-order valence-electron chi connectivity index (χ2n) is 22.1. The maximum Gasteiger partial charge on any atom is 0.105 e. The van der Waals surface area contributed by atoms with Crippen LogP contribution in [0.3, 0.4) is 0 Å². The van der Waals surface area contributed by atoms with E-state index < -0.39 is 18.3 Å². The molecule has 0 aliphatic carbocycles. The third kappa shape index (κ3) is 9.76. The Bertz CT molecular complexity index is 1760. The predicted octanol–water partition coefficient (Wildman–Crippen LogP) is 12.7. The first kappa shape index (κ1) is 43.5. The Hall–Kier alpha value is -3.24. The molecule has 0 spiro atoms. The Morgan fingerprint density at radius 2 is 0.519 bits per heavy atom. The summed E-state index contributed by atoms with van der Waals surface area (Å²) in [6.45, 7) is 39.6. The molecule has 4 aromatic carbocycles. The van der Waals surface area contributed by atoms with Crippen LogP contribution in [0.25, 0.3) is 0 Å². The van der Waals surface area contributed by atoms with Gasteiger partial charge in [0.15, 0.2) is 0 Å². The molecule has 0 aliphatic rings. The number of rotatable bonds is 6. The fourth-order valence-corrected chi connectivity index (χ4v) is 6.95. The van der Waals surface area contributed by atoms with Crippen molar-refractivity contribution in [2.75, 3.05) is 0 Å². The Balaban J connectivity index is 2.11. The van der Waals surface area contributed by atoms with Gasteiger partial charge in [-0.15, -0.1) is 0 Å². The molecular weight excluding hydrogens is 661 g/mol. The molecule has 0 saturated carbocycles. The number of benzene rings is 4. The molecule has 0 aromatic heterocycles. The molecule has 3 unspecified atom stereocenters. The minimum absolute atomic E-state index is 0.143. The zero-order chi connectivity index (χ0) is 41.1. The molecule has 3 atom stereocenters. The highest BCUT2D eigenvalue weighted by atomic mass is 16.3. The highest BCUT2D eigenvalue weighted by molar-refractivity contribution is 5.52. The fourth-order valence-electron chi connectivity index (χ4n) is 6.95. The lowest BCUT2D eigenvalue weighted by atomic mass is 9.76. The molecule has 0 saturated heterocycles. The molecule has 0 fully saturated rings. The van der Waals surface area contributed by atoms with Crippen LogP contribution in [0.2, 0.25) is 0 Å². The first-order valence-electron chi connectivity index (χ1n) is 19.9. The minimum Gasteiger partial charge on any atom is -0.384 e. The summed E-state index contributed by atoms with van der Waals surface area (Å²) in [5.41, 5.74) is 9.95. The van der Waals surface area contributed by atoms with E-state index in [1.54, 1.807) is 0 Å². The van der Waals surface area contributed by atoms with Gasteiger partial charge >= 0.3 is 0 Å². The van der Waals surface area contributed by atoms with Crippen LogP contribution < -0.4 is 0 Å². The molecule has 3 N–H and O–H groups in total. The summed E-state index contributed by atoms with van der Waals surface area (Å²) in [5.74, 6) is 0. The van der Waals surface area contributed by atoms with Crippen molar-refractivity contribution in [2.24, 2.45) is 0 Å². The Labute approximate surface area is 329 Å². The van der Waals surface area contributed by atoms with Crippen LogP contribution in [0.15, 0.2) is 72.8 Å². The molecule has 54 heavy (non-hydrogen) atoms. The number of hydrogen-bond donors (Lipinski definition) is 3. The topological polar surface area (TPSA) is 60.7 Å². The van der Waals surface area contributed by atoms with Gasteiger partial charge in [0, 0.05) is 0 Å². The smallest absolute Gasteiger partial charge is 0.105 e. The van der Waals surface area contributed by atoms with Gasteiger partial charge in [-0.25, -0.2) is 0 Å². The molecule has 0 heterocycles. The van der Waals surface area contributed by atoms with Crippen molar-refractivity contribution in [1.82, 2.24) is 0 Å². The summed E-state index contributed by atoms with van der Waals surface area (Å²) in [6.07, 6.45) is -3.22. The van der Waals surface area contributed by atoms with E-state index in [4.69, 9.17) is 0 Å². The third-order valence-electron chi connectivity index (χ3n) is 11.0. The van der Waals surface area contributed by atoms with E-state index in [1.165, 1.54) is 0 Å². The van der Waals surface area contributed by atoms with Gasteiger partial charge in [0.05, 0.1) is 0 Å².